The van der Waals surface area contributed by atoms with Crippen LogP contribution in [0, 0.1) is 5.41 Å². The van der Waals surface area contributed by atoms with Crippen LogP contribution in [-0.4, -0.2) is 23.2 Å². The normalized spacial score (nSPS) is 27.6. The molecule has 0 spiro atoms. The van der Waals surface area contributed by atoms with E-state index in [1.807, 2.05) is 0 Å². The highest BCUT2D eigenvalue weighted by atomic mass is 16.5. The van der Waals surface area contributed by atoms with Crippen LogP contribution in [0.1, 0.15) is 50.7 Å². The highest BCUT2D eigenvalue weighted by molar-refractivity contribution is 5.85. The van der Waals surface area contributed by atoms with Crippen LogP contribution >= 0.6 is 0 Å². The van der Waals surface area contributed by atoms with Crippen molar-refractivity contribution in [2.24, 2.45) is 5.41 Å². The molecule has 1 atom stereocenters. The topological polar surface area (TPSA) is 65.2 Å². The molecule has 0 saturated heterocycles. The second-order valence-corrected chi connectivity index (χ2v) is 5.78. The van der Waals surface area contributed by atoms with Crippen molar-refractivity contribution in [1.29, 1.82) is 0 Å². The van der Waals surface area contributed by atoms with Crippen molar-refractivity contribution in [2.75, 3.05) is 7.11 Å². The van der Waals surface area contributed by atoms with Gasteiger partial charge < -0.3 is 9.26 Å². The van der Waals surface area contributed by atoms with Gasteiger partial charge in [0.25, 0.3) is 0 Å². The Morgan fingerprint density at radius 2 is 2.12 bits per heavy atom. The molecule has 0 radical (unpaired) electrons. The largest absolute Gasteiger partial charge is 0.468 e. The van der Waals surface area contributed by atoms with Gasteiger partial charge >= 0.3 is 5.97 Å². The number of ether oxygens (including phenoxy) is 1. The van der Waals surface area contributed by atoms with E-state index in [1.54, 1.807) is 0 Å². The summed E-state index contributed by atoms with van der Waals surface area (Å²) in [7, 11) is 1.39. The van der Waals surface area contributed by atoms with Crippen molar-refractivity contribution < 1.29 is 14.1 Å². The van der Waals surface area contributed by atoms with Gasteiger partial charge in [-0.3, -0.25) is 4.79 Å². The number of esters is 1. The van der Waals surface area contributed by atoms with Crippen molar-refractivity contribution in [3.63, 3.8) is 0 Å². The van der Waals surface area contributed by atoms with E-state index in [4.69, 9.17) is 9.26 Å². The number of nitrogens with zero attached hydrogens (tertiary/aromatic N) is 2. The quantitative estimate of drug-likeness (QED) is 0.748. The molecule has 92 valence electrons. The van der Waals surface area contributed by atoms with Gasteiger partial charge in [0, 0.05) is 5.92 Å². The number of carbonyl (C=O) groups excluding carboxylic acids is 1. The van der Waals surface area contributed by atoms with Gasteiger partial charge in [-0.05, 0) is 24.7 Å². The molecule has 0 amide bonds. The van der Waals surface area contributed by atoms with E-state index in [0.717, 1.165) is 25.1 Å². The van der Waals surface area contributed by atoms with Crippen molar-refractivity contribution in [3.8, 4) is 0 Å². The van der Waals surface area contributed by atoms with Crippen LogP contribution in [0.25, 0.3) is 0 Å². The molecule has 0 aromatic carbocycles. The minimum atomic E-state index is -0.640. The van der Waals surface area contributed by atoms with E-state index in [0.29, 0.717) is 11.8 Å². The summed E-state index contributed by atoms with van der Waals surface area (Å²) in [6.07, 6.45) is 2.57. The van der Waals surface area contributed by atoms with Gasteiger partial charge in [0.15, 0.2) is 5.82 Å². The zero-order valence-corrected chi connectivity index (χ0v) is 10.3. The third kappa shape index (κ3) is 1.48. The van der Waals surface area contributed by atoms with E-state index < -0.39 is 5.41 Å². The van der Waals surface area contributed by atoms with Gasteiger partial charge in [-0.25, -0.2) is 0 Å². The van der Waals surface area contributed by atoms with Gasteiger partial charge in [-0.1, -0.05) is 19.0 Å². The van der Waals surface area contributed by atoms with E-state index in [1.165, 1.54) is 7.11 Å². The molecule has 5 heteroatoms. The predicted octanol–water partition coefficient (Wildman–Crippen LogP) is 1.79. The van der Waals surface area contributed by atoms with Gasteiger partial charge in [0.1, 0.15) is 5.41 Å². The molecule has 5 nitrogen and oxygen atoms in total. The second-order valence-electron chi connectivity index (χ2n) is 5.78. The van der Waals surface area contributed by atoms with Crippen LogP contribution in [-0.2, 0) is 14.9 Å². The molecule has 3 rings (SSSR count). The maximum absolute atomic E-state index is 11.7. The average molecular weight is 236 g/mol. The summed E-state index contributed by atoms with van der Waals surface area (Å²) in [5.74, 6) is 1.28. The fourth-order valence-corrected chi connectivity index (χ4v) is 2.30. The smallest absolute Gasteiger partial charge is 0.321 e. The summed E-state index contributed by atoms with van der Waals surface area (Å²) in [4.78, 5) is 16.1. The van der Waals surface area contributed by atoms with Crippen LogP contribution in [0.15, 0.2) is 4.52 Å². The summed E-state index contributed by atoms with van der Waals surface area (Å²) < 4.78 is 10.0. The summed E-state index contributed by atoms with van der Waals surface area (Å²) in [6.45, 7) is 4.36. The number of carbonyl (C=O) groups is 1. The van der Waals surface area contributed by atoms with E-state index >= 15 is 0 Å². The standard InChI is InChI=1S/C12H16N2O3/c1-11(2)6-7(11)8-13-9(17-14-8)12(4-5-12)10(15)16-3/h7H,4-6H2,1-3H3. The molecule has 0 N–H and O–H groups in total. The first kappa shape index (κ1) is 10.7. The zero-order valence-electron chi connectivity index (χ0n) is 10.3. The number of aromatic nitrogens is 2. The lowest BCUT2D eigenvalue weighted by molar-refractivity contribution is -0.144. The Labute approximate surface area is 99.5 Å². The molecule has 17 heavy (non-hydrogen) atoms. The first-order valence-corrected chi connectivity index (χ1v) is 5.92. The Morgan fingerprint density at radius 1 is 1.47 bits per heavy atom. The highest BCUT2D eigenvalue weighted by Crippen LogP contribution is 2.58. The second kappa shape index (κ2) is 3.09. The third-order valence-electron chi connectivity index (χ3n) is 4.00. The first-order valence-electron chi connectivity index (χ1n) is 5.92. The summed E-state index contributed by atoms with van der Waals surface area (Å²) in [5.41, 5.74) is -0.373. The fourth-order valence-electron chi connectivity index (χ4n) is 2.30. The van der Waals surface area contributed by atoms with Gasteiger partial charge in [-0.2, -0.15) is 4.98 Å². The van der Waals surface area contributed by atoms with Gasteiger partial charge in [-0.15, -0.1) is 0 Å². The maximum Gasteiger partial charge on any atom is 0.321 e. The third-order valence-corrected chi connectivity index (χ3v) is 4.00. The summed E-state index contributed by atoms with van der Waals surface area (Å²) >= 11 is 0. The molecule has 1 heterocycles. The van der Waals surface area contributed by atoms with Crippen LogP contribution in [0.3, 0.4) is 0 Å². The van der Waals surface area contributed by atoms with Crippen molar-refractivity contribution in [2.45, 2.75) is 44.4 Å². The SMILES string of the molecule is COC(=O)C1(c2nc(C3CC3(C)C)no2)CC1. The van der Waals surface area contributed by atoms with E-state index in [-0.39, 0.29) is 11.4 Å². The van der Waals surface area contributed by atoms with Crippen LogP contribution in [0.2, 0.25) is 0 Å². The number of hydrogen-bond acceptors (Lipinski definition) is 5. The van der Waals surface area contributed by atoms with Gasteiger partial charge in [0.2, 0.25) is 5.89 Å². The molecule has 2 aliphatic rings. The van der Waals surface area contributed by atoms with Crippen LogP contribution in [0.5, 0.6) is 0 Å². The Balaban J connectivity index is 1.84. The fraction of sp³-hybridized carbons (Fsp3) is 0.750. The monoisotopic (exact) mass is 236 g/mol. The number of rotatable bonds is 3. The molecule has 0 aliphatic heterocycles. The molecule has 2 aliphatic carbocycles. The molecule has 2 saturated carbocycles. The lowest BCUT2D eigenvalue weighted by Crippen LogP contribution is -2.22. The summed E-state index contributed by atoms with van der Waals surface area (Å²) in [6, 6.07) is 0. The number of hydrogen-bond donors (Lipinski definition) is 0. The molecular formula is C12H16N2O3. The Morgan fingerprint density at radius 3 is 2.59 bits per heavy atom. The lowest BCUT2D eigenvalue weighted by atomic mass is 10.1. The molecule has 1 unspecified atom stereocenters. The lowest BCUT2D eigenvalue weighted by Gasteiger charge is -2.05. The minimum absolute atomic E-state index is 0.261. The molecule has 1 aromatic heterocycles. The van der Waals surface area contributed by atoms with Crippen molar-refractivity contribution in [1.82, 2.24) is 10.1 Å². The first-order chi connectivity index (χ1) is 7.99. The molecule has 2 fully saturated rings. The minimum Gasteiger partial charge on any atom is -0.468 e. The average Bonchev–Trinajstić information content (AvgIpc) is 3.16. The Kier molecular flexibility index (Phi) is 1.95. The van der Waals surface area contributed by atoms with Crippen LogP contribution < -0.4 is 0 Å². The van der Waals surface area contributed by atoms with Gasteiger partial charge in [0.05, 0.1) is 7.11 Å². The van der Waals surface area contributed by atoms with E-state index in [9.17, 15) is 4.79 Å². The predicted molar refractivity (Wildman–Crippen MR) is 58.4 cm³/mol. The van der Waals surface area contributed by atoms with Crippen molar-refractivity contribution >= 4 is 5.97 Å². The Hall–Kier alpha value is -1.39. The summed E-state index contributed by atoms with van der Waals surface area (Å²) in [5, 5.41) is 4.00. The highest BCUT2D eigenvalue weighted by Gasteiger charge is 2.58. The number of methoxy groups -OCH3 is 1. The van der Waals surface area contributed by atoms with Crippen LogP contribution in [0.4, 0.5) is 0 Å². The molecular weight excluding hydrogens is 220 g/mol. The van der Waals surface area contributed by atoms with E-state index in [2.05, 4.69) is 24.0 Å². The zero-order chi connectivity index (χ0) is 12.3. The molecule has 0 bridgehead atoms. The van der Waals surface area contributed by atoms with Crippen molar-refractivity contribution in [3.05, 3.63) is 11.7 Å². The maximum atomic E-state index is 11.7. The Bertz CT molecular complexity index is 474. The molecule has 1 aromatic rings.